The number of halogens is 2. The van der Waals surface area contributed by atoms with Gasteiger partial charge in [0, 0.05) is 56.0 Å². The van der Waals surface area contributed by atoms with Crippen molar-refractivity contribution in [1.29, 1.82) is 0 Å². The van der Waals surface area contributed by atoms with Gasteiger partial charge >= 0.3 is 0 Å². The molecule has 0 bridgehead atoms. The largest absolute Gasteiger partial charge is 0.375 e. The molecule has 1 atom stereocenters. The van der Waals surface area contributed by atoms with Gasteiger partial charge in [0.1, 0.15) is 5.69 Å². The molecule has 7 nitrogen and oxygen atoms in total. The van der Waals surface area contributed by atoms with Crippen molar-refractivity contribution in [3.8, 4) is 11.3 Å². The van der Waals surface area contributed by atoms with Crippen LogP contribution in [0.2, 0.25) is 0 Å². The maximum absolute atomic E-state index is 14.7. The molecule has 196 valence electrons. The number of benzene rings is 1. The van der Waals surface area contributed by atoms with Crippen molar-refractivity contribution in [2.75, 3.05) is 37.7 Å². The van der Waals surface area contributed by atoms with Crippen molar-refractivity contribution in [3.05, 3.63) is 59.5 Å². The predicted molar refractivity (Wildman–Crippen MR) is 138 cm³/mol. The third-order valence-corrected chi connectivity index (χ3v) is 8.08. The Morgan fingerprint density at radius 2 is 1.86 bits per heavy atom. The lowest BCUT2D eigenvalue weighted by molar-refractivity contribution is -0.00595. The first kappa shape index (κ1) is 24.4. The summed E-state index contributed by atoms with van der Waals surface area (Å²) >= 11 is 0. The van der Waals surface area contributed by atoms with Gasteiger partial charge in [-0.15, -0.1) is 0 Å². The van der Waals surface area contributed by atoms with Crippen molar-refractivity contribution < 1.29 is 13.5 Å². The monoisotopic (exact) mass is 508 g/mol. The zero-order valence-electron chi connectivity index (χ0n) is 21.3. The minimum Gasteiger partial charge on any atom is -0.375 e. The first-order valence-electron chi connectivity index (χ1n) is 13.4. The Hall–Kier alpha value is -2.91. The fourth-order valence-electron chi connectivity index (χ4n) is 5.62. The molecule has 3 aromatic rings. The number of fused-ring (bicyclic) bond motifs is 1. The SMILES string of the molecule is C[C@H]1CCN1c1nc(-c2cnn(C3CCN(CCOCc4ccccc4)CC3)c2)c2c(n1)C(F)(F)CC2. The van der Waals surface area contributed by atoms with Crippen LogP contribution in [0, 0.1) is 0 Å². The van der Waals surface area contributed by atoms with Gasteiger partial charge in [-0.25, -0.2) is 9.97 Å². The van der Waals surface area contributed by atoms with Gasteiger partial charge in [-0.2, -0.15) is 13.9 Å². The van der Waals surface area contributed by atoms with E-state index in [2.05, 4.69) is 34.0 Å². The Labute approximate surface area is 216 Å². The highest BCUT2D eigenvalue weighted by molar-refractivity contribution is 5.66. The topological polar surface area (TPSA) is 59.3 Å². The lowest BCUT2D eigenvalue weighted by Crippen LogP contribution is -2.47. The fraction of sp³-hybridized carbons (Fsp3) is 0.536. The number of piperidine rings is 1. The average molecular weight is 509 g/mol. The highest BCUT2D eigenvalue weighted by atomic mass is 19.3. The molecule has 3 aliphatic rings. The molecular formula is C28H34F2N6O. The summed E-state index contributed by atoms with van der Waals surface area (Å²) in [6, 6.07) is 10.8. The second-order valence-electron chi connectivity index (χ2n) is 10.6. The van der Waals surface area contributed by atoms with Crippen molar-refractivity contribution in [3.63, 3.8) is 0 Å². The van der Waals surface area contributed by atoms with Gasteiger partial charge in [-0.05, 0) is 38.2 Å². The third kappa shape index (κ3) is 4.99. The Morgan fingerprint density at radius 3 is 2.59 bits per heavy atom. The quantitative estimate of drug-likeness (QED) is 0.406. The summed E-state index contributed by atoms with van der Waals surface area (Å²) in [5, 5.41) is 4.65. The van der Waals surface area contributed by atoms with E-state index in [1.807, 2.05) is 34.0 Å². The van der Waals surface area contributed by atoms with Gasteiger partial charge in [-0.1, -0.05) is 30.3 Å². The first-order valence-corrected chi connectivity index (χ1v) is 13.4. The van der Waals surface area contributed by atoms with E-state index in [1.165, 1.54) is 5.56 Å². The van der Waals surface area contributed by atoms with Gasteiger partial charge < -0.3 is 14.5 Å². The maximum Gasteiger partial charge on any atom is 0.290 e. The van der Waals surface area contributed by atoms with Gasteiger partial charge in [0.05, 0.1) is 31.1 Å². The highest BCUT2D eigenvalue weighted by Crippen LogP contribution is 2.45. The van der Waals surface area contributed by atoms with Crippen molar-refractivity contribution in [1.82, 2.24) is 24.6 Å². The van der Waals surface area contributed by atoms with E-state index in [1.54, 1.807) is 6.20 Å². The summed E-state index contributed by atoms with van der Waals surface area (Å²) in [6.07, 6.45) is 6.89. The van der Waals surface area contributed by atoms with Crippen LogP contribution in [-0.4, -0.2) is 63.5 Å². The van der Waals surface area contributed by atoms with Crippen LogP contribution >= 0.6 is 0 Å². The summed E-state index contributed by atoms with van der Waals surface area (Å²) in [4.78, 5) is 13.6. The van der Waals surface area contributed by atoms with Gasteiger partial charge in [0.15, 0.2) is 0 Å². The van der Waals surface area contributed by atoms with E-state index >= 15 is 0 Å². The van der Waals surface area contributed by atoms with Gasteiger partial charge in [0.2, 0.25) is 5.95 Å². The van der Waals surface area contributed by atoms with E-state index in [9.17, 15) is 8.78 Å². The number of hydrogen-bond donors (Lipinski definition) is 0. The number of alkyl halides is 2. The molecule has 0 spiro atoms. The minimum atomic E-state index is -2.90. The Morgan fingerprint density at radius 1 is 1.05 bits per heavy atom. The molecule has 2 aromatic heterocycles. The number of rotatable bonds is 8. The number of hydrogen-bond acceptors (Lipinski definition) is 6. The van der Waals surface area contributed by atoms with Crippen molar-refractivity contribution in [2.24, 2.45) is 0 Å². The van der Waals surface area contributed by atoms with Crippen molar-refractivity contribution in [2.45, 2.75) is 63.6 Å². The smallest absolute Gasteiger partial charge is 0.290 e. The normalized spacial score (nSPS) is 21.7. The summed E-state index contributed by atoms with van der Waals surface area (Å²) in [5.74, 6) is -2.48. The zero-order chi connectivity index (χ0) is 25.4. The Kier molecular flexibility index (Phi) is 6.67. The van der Waals surface area contributed by atoms with Gasteiger partial charge in [-0.3, -0.25) is 4.68 Å². The lowest BCUT2D eigenvalue weighted by Gasteiger charge is -2.39. The van der Waals surface area contributed by atoms with Crippen LogP contribution in [0.4, 0.5) is 14.7 Å². The maximum atomic E-state index is 14.7. The van der Waals surface area contributed by atoms with Crippen LogP contribution < -0.4 is 4.90 Å². The van der Waals surface area contributed by atoms with Crippen LogP contribution in [0.15, 0.2) is 42.7 Å². The molecule has 37 heavy (non-hydrogen) atoms. The molecule has 1 aromatic carbocycles. The number of ether oxygens (including phenoxy) is 1. The van der Waals surface area contributed by atoms with Crippen LogP contribution in [0.5, 0.6) is 0 Å². The number of likely N-dealkylation sites (tertiary alicyclic amines) is 1. The number of aromatic nitrogens is 4. The molecule has 0 amide bonds. The Balaban J connectivity index is 1.09. The summed E-state index contributed by atoms with van der Waals surface area (Å²) in [5.41, 5.74) is 3.10. The van der Waals surface area contributed by atoms with Crippen LogP contribution in [-0.2, 0) is 23.7 Å². The summed E-state index contributed by atoms with van der Waals surface area (Å²) < 4.78 is 37.2. The van der Waals surface area contributed by atoms with E-state index in [-0.39, 0.29) is 18.2 Å². The molecule has 0 radical (unpaired) electrons. The van der Waals surface area contributed by atoms with Crippen LogP contribution in [0.1, 0.15) is 55.5 Å². The highest BCUT2D eigenvalue weighted by Gasteiger charge is 2.44. The molecule has 6 rings (SSSR count). The molecule has 2 aliphatic heterocycles. The lowest BCUT2D eigenvalue weighted by atomic mass is 10.0. The molecule has 2 fully saturated rings. The number of nitrogens with zero attached hydrogens (tertiary/aromatic N) is 6. The molecule has 1 aliphatic carbocycles. The molecule has 0 unspecified atom stereocenters. The standard InChI is InChI=1S/C28H34F2N6O/c1-20-8-14-35(20)27-32-25(24-7-11-28(29,30)26(24)33-27)22-17-31-36(18-22)23-9-12-34(13-10-23)15-16-37-19-21-5-3-2-4-6-21/h2-6,17-18,20,23H,7-16,19H2,1H3/t20-/m0/s1. The fourth-order valence-corrected chi connectivity index (χ4v) is 5.62. The summed E-state index contributed by atoms with van der Waals surface area (Å²) in [7, 11) is 0. The molecule has 9 heteroatoms. The second-order valence-corrected chi connectivity index (χ2v) is 10.6. The van der Waals surface area contributed by atoms with E-state index in [4.69, 9.17) is 9.72 Å². The molecule has 0 saturated carbocycles. The molecule has 2 saturated heterocycles. The van der Waals surface area contributed by atoms with Gasteiger partial charge in [0.25, 0.3) is 5.92 Å². The minimum absolute atomic E-state index is 0.0952. The predicted octanol–water partition coefficient (Wildman–Crippen LogP) is 4.83. The number of anilines is 1. The van der Waals surface area contributed by atoms with Crippen molar-refractivity contribution >= 4 is 5.95 Å². The van der Waals surface area contributed by atoms with Crippen LogP contribution in [0.25, 0.3) is 11.3 Å². The second kappa shape index (κ2) is 10.1. The molecule has 0 N–H and O–H groups in total. The molecule has 4 heterocycles. The van der Waals surface area contributed by atoms with Crippen LogP contribution in [0.3, 0.4) is 0 Å². The zero-order valence-corrected chi connectivity index (χ0v) is 21.3. The third-order valence-electron chi connectivity index (χ3n) is 8.08. The summed E-state index contributed by atoms with van der Waals surface area (Å²) in [6.45, 7) is 7.14. The average Bonchev–Trinajstić information content (AvgIpc) is 3.51. The first-order chi connectivity index (χ1) is 18.0. The van der Waals surface area contributed by atoms with E-state index < -0.39 is 5.92 Å². The Bertz CT molecular complexity index is 1220. The van der Waals surface area contributed by atoms with E-state index in [0.29, 0.717) is 42.9 Å². The molecular weight excluding hydrogens is 474 g/mol. The van der Waals surface area contributed by atoms with E-state index in [0.717, 1.165) is 51.0 Å².